The van der Waals surface area contributed by atoms with E-state index in [9.17, 15) is 9.59 Å². The molecule has 1 aromatic rings. The molecule has 20 heavy (non-hydrogen) atoms. The van der Waals surface area contributed by atoms with E-state index in [1.165, 1.54) is 0 Å². The average molecular weight is 276 g/mol. The molecule has 0 aromatic carbocycles. The van der Waals surface area contributed by atoms with Crippen LogP contribution in [0.4, 0.5) is 5.82 Å². The minimum absolute atomic E-state index is 0.0373. The van der Waals surface area contributed by atoms with Gasteiger partial charge in [-0.2, -0.15) is 0 Å². The van der Waals surface area contributed by atoms with Crippen LogP contribution >= 0.6 is 0 Å². The lowest BCUT2D eigenvalue weighted by Gasteiger charge is -2.31. The van der Waals surface area contributed by atoms with Crippen LogP contribution in [0.1, 0.15) is 23.2 Å². The third-order valence-electron chi connectivity index (χ3n) is 3.63. The summed E-state index contributed by atoms with van der Waals surface area (Å²) >= 11 is 0. The summed E-state index contributed by atoms with van der Waals surface area (Å²) in [6.07, 6.45) is 2.95. The normalized spacial score (nSPS) is 16.0. The van der Waals surface area contributed by atoms with E-state index in [4.69, 9.17) is 5.73 Å². The van der Waals surface area contributed by atoms with Crippen molar-refractivity contribution >= 4 is 17.6 Å². The van der Waals surface area contributed by atoms with Gasteiger partial charge in [-0.05, 0) is 25.0 Å². The van der Waals surface area contributed by atoms with Crippen molar-refractivity contribution in [2.75, 3.05) is 32.1 Å². The van der Waals surface area contributed by atoms with Gasteiger partial charge in [0.25, 0.3) is 5.91 Å². The second kappa shape index (κ2) is 5.90. The molecule has 1 fully saturated rings. The number of carbonyl (C=O) groups is 2. The highest BCUT2D eigenvalue weighted by Crippen LogP contribution is 2.22. The molecular formula is C14H20N4O2. The van der Waals surface area contributed by atoms with Crippen LogP contribution in [0.3, 0.4) is 0 Å². The Hall–Kier alpha value is -2.11. The lowest BCUT2D eigenvalue weighted by Crippen LogP contribution is -2.42. The van der Waals surface area contributed by atoms with Gasteiger partial charge in [0, 0.05) is 39.3 Å². The van der Waals surface area contributed by atoms with Gasteiger partial charge in [0.2, 0.25) is 5.91 Å². The first-order chi connectivity index (χ1) is 9.50. The number of amides is 2. The molecule has 0 radical (unpaired) electrons. The van der Waals surface area contributed by atoms with Gasteiger partial charge in [0.15, 0.2) is 0 Å². The fourth-order valence-electron chi connectivity index (χ4n) is 2.46. The molecule has 6 heteroatoms. The SMILES string of the molecule is CN(C)c1ncccc1C(=O)N1CCC(C(N)=O)CC1. The third kappa shape index (κ3) is 2.89. The van der Waals surface area contributed by atoms with Crippen LogP contribution in [-0.2, 0) is 4.79 Å². The van der Waals surface area contributed by atoms with Crippen LogP contribution in [0.2, 0.25) is 0 Å². The lowest BCUT2D eigenvalue weighted by molar-refractivity contribution is -0.123. The molecule has 2 amide bonds. The molecule has 1 aromatic heterocycles. The minimum atomic E-state index is -0.271. The number of likely N-dealkylation sites (tertiary alicyclic amines) is 1. The molecule has 0 saturated carbocycles. The van der Waals surface area contributed by atoms with E-state index in [0.29, 0.717) is 37.3 Å². The first-order valence-electron chi connectivity index (χ1n) is 6.71. The molecule has 2 rings (SSSR count). The van der Waals surface area contributed by atoms with E-state index in [1.807, 2.05) is 19.0 Å². The van der Waals surface area contributed by atoms with Gasteiger partial charge in [-0.25, -0.2) is 4.98 Å². The van der Waals surface area contributed by atoms with Crippen LogP contribution in [0.25, 0.3) is 0 Å². The molecule has 1 aliphatic heterocycles. The second-order valence-electron chi connectivity index (χ2n) is 5.24. The fraction of sp³-hybridized carbons (Fsp3) is 0.500. The predicted octanol–water partition coefficient (Wildman–Crippen LogP) is 0.485. The Bertz CT molecular complexity index is 508. The van der Waals surface area contributed by atoms with Gasteiger partial charge in [0.1, 0.15) is 5.82 Å². The second-order valence-corrected chi connectivity index (χ2v) is 5.24. The van der Waals surface area contributed by atoms with Crippen molar-refractivity contribution in [1.29, 1.82) is 0 Å². The Morgan fingerprint density at radius 1 is 1.35 bits per heavy atom. The topological polar surface area (TPSA) is 79.5 Å². The van der Waals surface area contributed by atoms with E-state index in [0.717, 1.165) is 0 Å². The lowest BCUT2D eigenvalue weighted by atomic mass is 9.96. The zero-order valence-corrected chi connectivity index (χ0v) is 11.9. The zero-order valence-electron chi connectivity index (χ0n) is 11.9. The molecule has 6 nitrogen and oxygen atoms in total. The van der Waals surface area contributed by atoms with Crippen LogP contribution in [0.15, 0.2) is 18.3 Å². The van der Waals surface area contributed by atoms with Crippen molar-refractivity contribution in [2.24, 2.45) is 11.7 Å². The highest BCUT2D eigenvalue weighted by atomic mass is 16.2. The highest BCUT2D eigenvalue weighted by Gasteiger charge is 2.27. The maximum absolute atomic E-state index is 12.5. The summed E-state index contributed by atoms with van der Waals surface area (Å²) in [5, 5.41) is 0. The molecule has 0 bridgehead atoms. The van der Waals surface area contributed by atoms with Crippen LogP contribution in [0, 0.1) is 5.92 Å². The molecule has 0 unspecified atom stereocenters. The number of pyridine rings is 1. The van der Waals surface area contributed by atoms with Gasteiger partial charge in [-0.15, -0.1) is 0 Å². The summed E-state index contributed by atoms with van der Waals surface area (Å²) in [6.45, 7) is 1.13. The first-order valence-corrected chi connectivity index (χ1v) is 6.71. The molecule has 0 atom stereocenters. The van der Waals surface area contributed by atoms with Crippen LogP contribution in [-0.4, -0.2) is 48.9 Å². The Morgan fingerprint density at radius 3 is 2.55 bits per heavy atom. The molecule has 2 N–H and O–H groups in total. The quantitative estimate of drug-likeness (QED) is 0.871. The number of rotatable bonds is 3. The summed E-state index contributed by atoms with van der Waals surface area (Å²) in [7, 11) is 3.72. The first kappa shape index (κ1) is 14.3. The monoisotopic (exact) mass is 276 g/mol. The molecule has 1 saturated heterocycles. The van der Waals surface area contributed by atoms with E-state index < -0.39 is 0 Å². The third-order valence-corrected chi connectivity index (χ3v) is 3.63. The Balaban J connectivity index is 2.11. The number of carbonyl (C=O) groups excluding carboxylic acids is 2. The molecule has 108 valence electrons. The number of nitrogens with zero attached hydrogens (tertiary/aromatic N) is 3. The summed E-state index contributed by atoms with van der Waals surface area (Å²) in [5.74, 6) is 0.243. The van der Waals surface area contributed by atoms with E-state index >= 15 is 0 Å². The van der Waals surface area contributed by atoms with Crippen molar-refractivity contribution in [1.82, 2.24) is 9.88 Å². The van der Waals surface area contributed by atoms with Crippen molar-refractivity contribution in [3.63, 3.8) is 0 Å². The van der Waals surface area contributed by atoms with E-state index in [2.05, 4.69) is 4.98 Å². The van der Waals surface area contributed by atoms with Crippen LogP contribution in [0.5, 0.6) is 0 Å². The van der Waals surface area contributed by atoms with Gasteiger partial charge in [-0.3, -0.25) is 9.59 Å². The molecule has 0 aliphatic carbocycles. The van der Waals surface area contributed by atoms with Gasteiger partial charge in [-0.1, -0.05) is 0 Å². The Labute approximate surface area is 118 Å². The van der Waals surface area contributed by atoms with E-state index in [-0.39, 0.29) is 17.7 Å². The smallest absolute Gasteiger partial charge is 0.257 e. The highest BCUT2D eigenvalue weighted by molar-refractivity contribution is 5.99. The van der Waals surface area contributed by atoms with Crippen molar-refractivity contribution < 1.29 is 9.59 Å². The number of aromatic nitrogens is 1. The number of hydrogen-bond acceptors (Lipinski definition) is 4. The van der Waals surface area contributed by atoms with Crippen molar-refractivity contribution in [2.45, 2.75) is 12.8 Å². The predicted molar refractivity (Wildman–Crippen MR) is 76.4 cm³/mol. The summed E-state index contributed by atoms with van der Waals surface area (Å²) in [5.41, 5.74) is 5.90. The maximum atomic E-state index is 12.5. The summed E-state index contributed by atoms with van der Waals surface area (Å²) in [6, 6.07) is 3.54. The number of primary amides is 1. The number of piperidine rings is 1. The van der Waals surface area contributed by atoms with Gasteiger partial charge >= 0.3 is 0 Å². The molecule has 2 heterocycles. The molecule has 0 spiro atoms. The van der Waals surface area contributed by atoms with Crippen LogP contribution < -0.4 is 10.6 Å². The summed E-state index contributed by atoms with van der Waals surface area (Å²) < 4.78 is 0. The Morgan fingerprint density at radius 2 is 2.00 bits per heavy atom. The van der Waals surface area contributed by atoms with Gasteiger partial charge in [0.05, 0.1) is 5.56 Å². The number of hydrogen-bond donors (Lipinski definition) is 1. The van der Waals surface area contributed by atoms with Crippen molar-refractivity contribution in [3.8, 4) is 0 Å². The molecular weight excluding hydrogens is 256 g/mol. The zero-order chi connectivity index (χ0) is 14.7. The van der Waals surface area contributed by atoms with Gasteiger partial charge < -0.3 is 15.5 Å². The maximum Gasteiger partial charge on any atom is 0.257 e. The average Bonchev–Trinajstić information content (AvgIpc) is 2.46. The van der Waals surface area contributed by atoms with E-state index in [1.54, 1.807) is 23.2 Å². The fourth-order valence-corrected chi connectivity index (χ4v) is 2.46. The molecule has 1 aliphatic rings. The summed E-state index contributed by atoms with van der Waals surface area (Å²) in [4.78, 5) is 31.5. The standard InChI is InChI=1S/C14H20N4O2/c1-17(2)13-11(4-3-7-16-13)14(20)18-8-5-10(6-9-18)12(15)19/h3-4,7,10H,5-6,8-9H2,1-2H3,(H2,15,19). The minimum Gasteiger partial charge on any atom is -0.369 e. The number of anilines is 1. The number of nitrogens with two attached hydrogens (primary N) is 1. The van der Waals surface area contributed by atoms with Crippen molar-refractivity contribution in [3.05, 3.63) is 23.9 Å². The Kier molecular flexibility index (Phi) is 4.22. The largest absolute Gasteiger partial charge is 0.369 e.